The van der Waals surface area contributed by atoms with Gasteiger partial charge in [0.05, 0.1) is 0 Å². The highest BCUT2D eigenvalue weighted by atomic mass is 32.2. The Morgan fingerprint density at radius 3 is 2.11 bits per heavy atom. The number of rotatable bonds is 12. The van der Waals surface area contributed by atoms with Crippen LogP contribution in [0.5, 0.6) is 0 Å². The van der Waals surface area contributed by atoms with Gasteiger partial charge in [0.2, 0.25) is 0 Å². The van der Waals surface area contributed by atoms with Gasteiger partial charge in [0.25, 0.3) is 10.2 Å². The first-order valence-electron chi connectivity index (χ1n) is 12.9. The molecule has 0 aliphatic carbocycles. The molecule has 1 fully saturated rings. The zero-order chi connectivity index (χ0) is 26.8. The lowest BCUT2D eigenvalue weighted by atomic mass is 10.0. The lowest BCUT2D eigenvalue weighted by molar-refractivity contribution is -0.617. The number of hydrogen-bond acceptors (Lipinski definition) is 6. The largest absolute Gasteiger partial charge is 0.513 e. The van der Waals surface area contributed by atoms with E-state index < -0.39 is 28.4 Å². The number of hydrogen-bond donors (Lipinski definition) is 2. The normalized spacial score (nSPS) is 17.1. The first kappa shape index (κ1) is 29.2. The van der Waals surface area contributed by atoms with Gasteiger partial charge in [0.15, 0.2) is 0 Å². The third-order valence-electron chi connectivity index (χ3n) is 6.46. The fourth-order valence-corrected chi connectivity index (χ4v) is 6.12. The molecule has 0 spiro atoms. The van der Waals surface area contributed by atoms with Crippen LogP contribution in [-0.4, -0.2) is 91.6 Å². The number of aliphatic hydroxyl groups is 1. The predicted octanol–water partition coefficient (Wildman–Crippen LogP) is 1.31. The predicted molar refractivity (Wildman–Crippen MR) is 143 cm³/mol. The summed E-state index contributed by atoms with van der Waals surface area (Å²) >= 11 is 0. The molecule has 0 bridgehead atoms. The summed E-state index contributed by atoms with van der Waals surface area (Å²) in [4.78, 5) is 14.8. The average molecular weight is 534 g/mol. The summed E-state index contributed by atoms with van der Waals surface area (Å²) in [6.07, 6.45) is -1.25. The van der Waals surface area contributed by atoms with Crippen molar-refractivity contribution in [1.82, 2.24) is 13.5 Å². The van der Waals surface area contributed by atoms with Crippen molar-refractivity contribution in [3.05, 3.63) is 71.8 Å². The fraction of sp³-hybridized carbons (Fsp3) is 0.519. The Morgan fingerprint density at radius 2 is 1.54 bits per heavy atom. The number of likely N-dealkylation sites (N-methyl/N-ethyl adjacent to an activating group) is 1. The topological polar surface area (TPSA) is 107 Å². The molecule has 3 N–H and O–H groups in total. The quantitative estimate of drug-likeness (QED) is 0.426. The Labute approximate surface area is 221 Å². The maximum atomic E-state index is 13.5. The molecule has 1 saturated heterocycles. The van der Waals surface area contributed by atoms with Crippen molar-refractivity contribution in [2.45, 2.75) is 39.0 Å². The number of aliphatic hydroxyl groups excluding tert-OH is 1. The number of piperazine rings is 1. The number of nitrogens with two attached hydrogens (primary N) is 1. The van der Waals surface area contributed by atoms with Crippen molar-refractivity contribution in [3.8, 4) is 0 Å². The first-order chi connectivity index (χ1) is 17.6. The van der Waals surface area contributed by atoms with E-state index in [2.05, 4.69) is 4.90 Å². The van der Waals surface area contributed by atoms with E-state index >= 15 is 0 Å². The van der Waals surface area contributed by atoms with Crippen LogP contribution >= 0.6 is 0 Å². The maximum Gasteiger partial charge on any atom is 0.513 e. The van der Waals surface area contributed by atoms with Crippen LogP contribution in [0, 0.1) is 5.92 Å². The molecule has 204 valence electrons. The van der Waals surface area contributed by atoms with Crippen LogP contribution in [0.3, 0.4) is 0 Å². The van der Waals surface area contributed by atoms with Crippen LogP contribution in [0.2, 0.25) is 0 Å². The fourth-order valence-electron chi connectivity index (χ4n) is 4.34. The van der Waals surface area contributed by atoms with E-state index in [0.717, 1.165) is 11.1 Å². The molecule has 0 saturated carbocycles. The number of nitrogens with zero attached hydrogens (tertiary/aromatic N) is 3. The molecule has 1 aliphatic rings. The molecule has 0 unspecified atom stereocenters. The van der Waals surface area contributed by atoms with Crippen molar-refractivity contribution in [2.24, 2.45) is 5.92 Å². The monoisotopic (exact) mass is 533 g/mol. The van der Waals surface area contributed by atoms with Gasteiger partial charge in [-0.25, -0.2) is 5.32 Å². The highest BCUT2D eigenvalue weighted by molar-refractivity contribution is 7.86. The van der Waals surface area contributed by atoms with E-state index in [1.54, 1.807) is 0 Å². The summed E-state index contributed by atoms with van der Waals surface area (Å²) < 4.78 is 35.4. The van der Waals surface area contributed by atoms with Crippen LogP contribution in [0.1, 0.15) is 25.0 Å². The summed E-state index contributed by atoms with van der Waals surface area (Å²) in [6.45, 7) is 6.35. The molecule has 0 radical (unpaired) electrons. The minimum absolute atomic E-state index is 0.0711. The standard InChI is InChI=1S/C27H40N4O5S/c1-22(2)19-31(37(34,35)30-16-14-29(3)15-17-30)20-26(32)25(18-23-10-6-4-7-11-23)28-27(33)36-21-24-12-8-5-9-13-24/h4-13,22,25-26,32H,14-21H2,1-3H3,(H,28,33)/p+1/t25-,26+/m0/s1. The number of quaternary nitrogens is 1. The highest BCUT2D eigenvalue weighted by Gasteiger charge is 2.36. The minimum Gasteiger partial charge on any atom is -0.415 e. The maximum absolute atomic E-state index is 13.5. The molecule has 2 aromatic carbocycles. The SMILES string of the molecule is CC(C)CN(C[C@@H](O)[C@H](Cc1ccccc1)[NH2+]C(=O)OCc1ccccc1)S(=O)(=O)N1CCN(C)CC1. The number of primary amides is 1. The Morgan fingerprint density at radius 1 is 0.973 bits per heavy atom. The van der Waals surface area contributed by atoms with Gasteiger partial charge in [-0.1, -0.05) is 74.5 Å². The van der Waals surface area contributed by atoms with Crippen molar-refractivity contribution in [2.75, 3.05) is 46.3 Å². The zero-order valence-corrected chi connectivity index (χ0v) is 22.9. The van der Waals surface area contributed by atoms with E-state index in [1.165, 1.54) is 13.9 Å². The Balaban J connectivity index is 1.74. The van der Waals surface area contributed by atoms with E-state index in [4.69, 9.17) is 4.74 Å². The number of carbonyl (C=O) groups excluding carboxylic acids is 1. The molecule has 1 heterocycles. The molecule has 1 amide bonds. The van der Waals surface area contributed by atoms with Crippen molar-refractivity contribution < 1.29 is 28.4 Å². The van der Waals surface area contributed by atoms with Crippen LogP contribution in [-0.2, 0) is 28.0 Å². The lowest BCUT2D eigenvalue weighted by Gasteiger charge is -2.36. The molecular formula is C27H41N4O5S+. The second-order valence-electron chi connectivity index (χ2n) is 10.1. The first-order valence-corrected chi connectivity index (χ1v) is 14.3. The van der Waals surface area contributed by atoms with Gasteiger partial charge in [-0.2, -0.15) is 21.8 Å². The number of ether oxygens (including phenoxy) is 1. The van der Waals surface area contributed by atoms with Gasteiger partial charge in [0, 0.05) is 45.7 Å². The van der Waals surface area contributed by atoms with Gasteiger partial charge in [0.1, 0.15) is 18.8 Å². The van der Waals surface area contributed by atoms with Gasteiger partial charge in [-0.15, -0.1) is 0 Å². The van der Waals surface area contributed by atoms with Gasteiger partial charge < -0.3 is 14.7 Å². The van der Waals surface area contributed by atoms with Crippen LogP contribution in [0.15, 0.2) is 60.7 Å². The Hall–Kier alpha value is -2.34. The Kier molecular flexibility index (Phi) is 11.0. The number of amides is 1. The number of carbonyl (C=O) groups is 1. The van der Waals surface area contributed by atoms with Gasteiger partial charge in [-0.05, 0) is 24.1 Å². The molecular weight excluding hydrogens is 492 g/mol. The van der Waals surface area contributed by atoms with E-state index in [0.29, 0.717) is 32.6 Å². The van der Waals surface area contributed by atoms with Crippen LogP contribution < -0.4 is 5.32 Å². The third-order valence-corrected chi connectivity index (χ3v) is 8.43. The smallest absolute Gasteiger partial charge is 0.415 e. The molecule has 1 aliphatic heterocycles. The van der Waals surface area contributed by atoms with Crippen molar-refractivity contribution in [3.63, 3.8) is 0 Å². The third kappa shape index (κ3) is 9.17. The molecule has 0 aromatic heterocycles. The molecule has 9 nitrogen and oxygen atoms in total. The zero-order valence-electron chi connectivity index (χ0n) is 22.1. The summed E-state index contributed by atoms with van der Waals surface area (Å²) in [7, 11) is -1.80. The molecule has 10 heteroatoms. The molecule has 37 heavy (non-hydrogen) atoms. The summed E-state index contributed by atoms with van der Waals surface area (Å²) in [6, 6.07) is 18.3. The van der Waals surface area contributed by atoms with E-state index in [-0.39, 0.29) is 25.6 Å². The second kappa shape index (κ2) is 14.0. The minimum atomic E-state index is -3.77. The van der Waals surface area contributed by atoms with Crippen molar-refractivity contribution in [1.29, 1.82) is 0 Å². The summed E-state index contributed by atoms with van der Waals surface area (Å²) in [5.74, 6) is 0.0711. The van der Waals surface area contributed by atoms with Crippen molar-refractivity contribution >= 4 is 16.3 Å². The molecule has 3 rings (SSSR count). The Bertz CT molecular complexity index is 1060. The van der Waals surface area contributed by atoms with E-state index in [1.807, 2.05) is 81.6 Å². The lowest BCUT2D eigenvalue weighted by Crippen LogP contribution is -2.96. The van der Waals surface area contributed by atoms with Crippen LogP contribution in [0.4, 0.5) is 4.79 Å². The van der Waals surface area contributed by atoms with Gasteiger partial charge in [-0.3, -0.25) is 0 Å². The highest BCUT2D eigenvalue weighted by Crippen LogP contribution is 2.16. The number of benzene rings is 2. The second-order valence-corrected chi connectivity index (χ2v) is 12.0. The summed E-state index contributed by atoms with van der Waals surface area (Å²) in [5.41, 5.74) is 1.81. The average Bonchev–Trinajstić information content (AvgIpc) is 2.88. The molecule has 2 aromatic rings. The van der Waals surface area contributed by atoms with E-state index in [9.17, 15) is 18.3 Å². The van der Waals surface area contributed by atoms with Crippen LogP contribution in [0.25, 0.3) is 0 Å². The summed E-state index contributed by atoms with van der Waals surface area (Å²) in [5, 5.41) is 12.7. The van der Waals surface area contributed by atoms with Gasteiger partial charge >= 0.3 is 6.09 Å². The molecule has 2 atom stereocenters.